The van der Waals surface area contributed by atoms with Gasteiger partial charge in [0, 0.05) is 29.6 Å². The van der Waals surface area contributed by atoms with Gasteiger partial charge in [-0.1, -0.05) is 15.9 Å². The van der Waals surface area contributed by atoms with Crippen LogP contribution in [0.4, 0.5) is 11.4 Å². The summed E-state index contributed by atoms with van der Waals surface area (Å²) in [7, 11) is 1.71. The molecule has 1 atom stereocenters. The number of pyridine rings is 1. The topological polar surface area (TPSA) is 60.2 Å². The molecule has 0 bridgehead atoms. The highest BCUT2D eigenvalue weighted by Gasteiger charge is 2.10. The molecule has 0 fully saturated rings. The van der Waals surface area contributed by atoms with E-state index in [-0.39, 0.29) is 6.04 Å². The van der Waals surface area contributed by atoms with Crippen molar-refractivity contribution in [3.8, 4) is 0 Å². The molecule has 2 rings (SSSR count). The number of methoxy groups -OCH3 is 1. The van der Waals surface area contributed by atoms with E-state index in [2.05, 4.69) is 33.2 Å². The zero-order valence-corrected chi connectivity index (χ0v) is 12.7. The molecule has 1 unspecified atom stereocenters. The Labute approximate surface area is 121 Å². The van der Waals surface area contributed by atoms with Crippen molar-refractivity contribution in [3.05, 3.63) is 28.9 Å². The number of nitrogen functional groups attached to an aromatic ring is 1. The fourth-order valence-electron chi connectivity index (χ4n) is 1.95. The molecule has 2 aromatic rings. The Morgan fingerprint density at radius 3 is 3.00 bits per heavy atom. The van der Waals surface area contributed by atoms with E-state index in [0.29, 0.717) is 5.69 Å². The highest BCUT2D eigenvalue weighted by Crippen LogP contribution is 2.30. The molecule has 0 aliphatic heterocycles. The summed E-state index contributed by atoms with van der Waals surface area (Å²) in [4.78, 5) is 4.34. The molecule has 0 radical (unpaired) electrons. The molecule has 1 aromatic carbocycles. The molecule has 1 heterocycles. The van der Waals surface area contributed by atoms with Gasteiger partial charge in [0.1, 0.15) is 0 Å². The van der Waals surface area contributed by atoms with E-state index in [1.54, 1.807) is 13.3 Å². The van der Waals surface area contributed by atoms with Crippen LogP contribution in [-0.4, -0.2) is 24.7 Å². The van der Waals surface area contributed by atoms with Crippen molar-refractivity contribution in [1.82, 2.24) is 4.98 Å². The van der Waals surface area contributed by atoms with Gasteiger partial charge in [0.05, 0.1) is 23.1 Å². The van der Waals surface area contributed by atoms with Crippen LogP contribution >= 0.6 is 15.9 Å². The van der Waals surface area contributed by atoms with E-state index in [1.165, 1.54) is 0 Å². The van der Waals surface area contributed by atoms with Crippen LogP contribution in [0.2, 0.25) is 0 Å². The first kappa shape index (κ1) is 14.1. The number of nitrogens with two attached hydrogens (primary N) is 1. The molecule has 102 valence electrons. The molecule has 3 N–H and O–H groups in total. The summed E-state index contributed by atoms with van der Waals surface area (Å²) in [5.41, 5.74) is 8.57. The van der Waals surface area contributed by atoms with Crippen LogP contribution in [0.1, 0.15) is 13.3 Å². The Balaban J connectivity index is 2.35. The van der Waals surface area contributed by atoms with Gasteiger partial charge in [0.25, 0.3) is 0 Å². The smallest absolute Gasteiger partial charge is 0.0743 e. The standard InChI is InChI=1S/C14H18BrN3O/c1-9(5-6-19-2)18-14-11-7-10(15)3-4-13(11)17-8-12(14)16/h3-4,7-9H,5-6,16H2,1-2H3,(H,17,18). The van der Waals surface area contributed by atoms with Crippen molar-refractivity contribution in [2.45, 2.75) is 19.4 Å². The zero-order chi connectivity index (χ0) is 13.8. The van der Waals surface area contributed by atoms with Crippen LogP contribution in [0.25, 0.3) is 10.9 Å². The maximum Gasteiger partial charge on any atom is 0.0743 e. The maximum absolute atomic E-state index is 6.04. The average Bonchev–Trinajstić information content (AvgIpc) is 2.40. The number of benzene rings is 1. The van der Waals surface area contributed by atoms with Gasteiger partial charge in [-0.15, -0.1) is 0 Å². The van der Waals surface area contributed by atoms with Gasteiger partial charge in [-0.3, -0.25) is 4.98 Å². The second-order valence-electron chi connectivity index (χ2n) is 4.58. The molecular weight excluding hydrogens is 306 g/mol. The van der Waals surface area contributed by atoms with Crippen LogP contribution in [0, 0.1) is 0 Å². The summed E-state index contributed by atoms with van der Waals surface area (Å²) in [6.45, 7) is 2.84. The molecule has 0 aliphatic rings. The normalized spacial score (nSPS) is 12.6. The molecule has 1 aromatic heterocycles. The van der Waals surface area contributed by atoms with Crippen molar-refractivity contribution in [2.75, 3.05) is 24.8 Å². The number of nitrogens with zero attached hydrogens (tertiary/aromatic N) is 1. The predicted octanol–water partition coefficient (Wildman–Crippen LogP) is 3.42. The van der Waals surface area contributed by atoms with Crippen LogP contribution < -0.4 is 11.1 Å². The van der Waals surface area contributed by atoms with Crippen molar-refractivity contribution in [1.29, 1.82) is 0 Å². The Hall–Kier alpha value is -1.33. The second kappa shape index (κ2) is 6.21. The first-order valence-electron chi connectivity index (χ1n) is 6.21. The van der Waals surface area contributed by atoms with Crippen LogP contribution in [0.15, 0.2) is 28.9 Å². The summed E-state index contributed by atoms with van der Waals surface area (Å²) in [5, 5.41) is 4.48. The van der Waals surface area contributed by atoms with E-state index in [0.717, 1.165) is 34.1 Å². The lowest BCUT2D eigenvalue weighted by molar-refractivity contribution is 0.191. The third kappa shape index (κ3) is 3.36. The minimum Gasteiger partial charge on any atom is -0.396 e. The predicted molar refractivity (Wildman–Crippen MR) is 83.4 cm³/mol. The van der Waals surface area contributed by atoms with Crippen molar-refractivity contribution < 1.29 is 4.74 Å². The summed E-state index contributed by atoms with van der Waals surface area (Å²) in [6.07, 6.45) is 2.62. The third-order valence-corrected chi connectivity index (χ3v) is 3.50. The SMILES string of the molecule is COCCC(C)Nc1c(N)cnc2ccc(Br)cc12. The lowest BCUT2D eigenvalue weighted by Gasteiger charge is -2.18. The number of anilines is 2. The molecule has 0 aliphatic carbocycles. The Morgan fingerprint density at radius 2 is 2.26 bits per heavy atom. The molecule has 4 nitrogen and oxygen atoms in total. The summed E-state index contributed by atoms with van der Waals surface area (Å²) in [5.74, 6) is 0. The summed E-state index contributed by atoms with van der Waals surface area (Å²) < 4.78 is 6.11. The number of halogens is 1. The zero-order valence-electron chi connectivity index (χ0n) is 11.1. The van der Waals surface area contributed by atoms with Crippen molar-refractivity contribution >= 4 is 38.2 Å². The molecule has 0 saturated carbocycles. The number of nitrogens with one attached hydrogen (secondary N) is 1. The molecule has 0 spiro atoms. The lowest BCUT2D eigenvalue weighted by Crippen LogP contribution is -2.18. The Kier molecular flexibility index (Phi) is 4.61. The first-order chi connectivity index (χ1) is 9.11. The third-order valence-electron chi connectivity index (χ3n) is 3.01. The van der Waals surface area contributed by atoms with Gasteiger partial charge in [-0.25, -0.2) is 0 Å². The maximum atomic E-state index is 6.04. The number of hydrogen-bond donors (Lipinski definition) is 2. The van der Waals surface area contributed by atoms with Crippen molar-refractivity contribution in [3.63, 3.8) is 0 Å². The monoisotopic (exact) mass is 323 g/mol. The second-order valence-corrected chi connectivity index (χ2v) is 5.49. The fourth-order valence-corrected chi connectivity index (χ4v) is 2.32. The van der Waals surface area contributed by atoms with Crippen LogP contribution in [0.3, 0.4) is 0 Å². The van der Waals surface area contributed by atoms with Gasteiger partial charge < -0.3 is 15.8 Å². The summed E-state index contributed by atoms with van der Waals surface area (Å²) in [6, 6.07) is 6.27. The largest absolute Gasteiger partial charge is 0.396 e. The van der Waals surface area contributed by atoms with E-state index in [9.17, 15) is 0 Å². The number of hydrogen-bond acceptors (Lipinski definition) is 4. The van der Waals surface area contributed by atoms with Crippen LogP contribution in [0.5, 0.6) is 0 Å². The van der Waals surface area contributed by atoms with Gasteiger partial charge in [0.15, 0.2) is 0 Å². The minimum atomic E-state index is 0.284. The summed E-state index contributed by atoms with van der Waals surface area (Å²) >= 11 is 3.48. The number of aromatic nitrogens is 1. The minimum absolute atomic E-state index is 0.284. The molecule has 0 amide bonds. The van der Waals surface area contributed by atoms with E-state index in [4.69, 9.17) is 10.5 Å². The van der Waals surface area contributed by atoms with Crippen LogP contribution in [-0.2, 0) is 4.74 Å². The Bertz CT molecular complexity index is 569. The fraction of sp³-hybridized carbons (Fsp3) is 0.357. The van der Waals surface area contributed by atoms with E-state index >= 15 is 0 Å². The van der Waals surface area contributed by atoms with E-state index < -0.39 is 0 Å². The highest BCUT2D eigenvalue weighted by atomic mass is 79.9. The average molecular weight is 324 g/mol. The number of rotatable bonds is 5. The van der Waals surface area contributed by atoms with E-state index in [1.807, 2.05) is 18.2 Å². The lowest BCUT2D eigenvalue weighted by atomic mass is 10.1. The Morgan fingerprint density at radius 1 is 1.47 bits per heavy atom. The highest BCUT2D eigenvalue weighted by molar-refractivity contribution is 9.10. The molecule has 5 heteroatoms. The van der Waals surface area contributed by atoms with Gasteiger partial charge >= 0.3 is 0 Å². The first-order valence-corrected chi connectivity index (χ1v) is 7.00. The number of fused-ring (bicyclic) bond motifs is 1. The van der Waals surface area contributed by atoms with Gasteiger partial charge in [-0.2, -0.15) is 0 Å². The van der Waals surface area contributed by atoms with Gasteiger partial charge in [0.2, 0.25) is 0 Å². The molecule has 0 saturated heterocycles. The molecule has 19 heavy (non-hydrogen) atoms. The molecular formula is C14H18BrN3O. The quantitative estimate of drug-likeness (QED) is 0.885. The number of ether oxygens (including phenoxy) is 1. The van der Waals surface area contributed by atoms with Crippen molar-refractivity contribution in [2.24, 2.45) is 0 Å². The van der Waals surface area contributed by atoms with Gasteiger partial charge in [-0.05, 0) is 31.5 Å².